The predicted molar refractivity (Wildman–Crippen MR) is 93.8 cm³/mol. The molecule has 4 nitrogen and oxygen atoms in total. The van der Waals surface area contributed by atoms with Gasteiger partial charge in [-0.15, -0.1) is 11.3 Å². The van der Waals surface area contributed by atoms with E-state index in [1.165, 1.54) is 11.4 Å². The van der Waals surface area contributed by atoms with Gasteiger partial charge in [0.05, 0.1) is 17.8 Å². The van der Waals surface area contributed by atoms with Gasteiger partial charge in [-0.2, -0.15) is 0 Å². The van der Waals surface area contributed by atoms with Gasteiger partial charge in [-0.25, -0.2) is 4.98 Å². The molecule has 0 amide bonds. The molecule has 0 aliphatic carbocycles. The van der Waals surface area contributed by atoms with Crippen molar-refractivity contribution < 1.29 is 4.74 Å². The van der Waals surface area contributed by atoms with Crippen LogP contribution in [-0.2, 0) is 6.42 Å². The van der Waals surface area contributed by atoms with Crippen LogP contribution in [0.5, 0.6) is 5.75 Å². The van der Waals surface area contributed by atoms with Crippen LogP contribution in [0.2, 0.25) is 0 Å². The second-order valence-corrected chi connectivity index (χ2v) is 6.43. The van der Waals surface area contributed by atoms with Gasteiger partial charge in [0.15, 0.2) is 0 Å². The lowest BCUT2D eigenvalue weighted by Crippen LogP contribution is -2.23. The third kappa shape index (κ3) is 5.09. The molecule has 0 atom stereocenters. The lowest BCUT2D eigenvalue weighted by Gasteiger charge is -2.09. The first-order valence-electron chi connectivity index (χ1n) is 7.64. The van der Waals surface area contributed by atoms with E-state index in [-0.39, 0.29) is 0 Å². The van der Waals surface area contributed by atoms with Crippen LogP contribution >= 0.6 is 11.3 Å². The van der Waals surface area contributed by atoms with Gasteiger partial charge < -0.3 is 15.0 Å². The molecule has 1 heterocycles. The Kier molecular flexibility index (Phi) is 6.83. The van der Waals surface area contributed by atoms with E-state index >= 15 is 0 Å². The summed E-state index contributed by atoms with van der Waals surface area (Å²) >= 11 is 1.72. The Balaban J connectivity index is 1.82. The third-order valence-corrected chi connectivity index (χ3v) is 4.32. The number of nitrogens with zero attached hydrogens (tertiary/aromatic N) is 2. The maximum Gasteiger partial charge on any atom is 0.128 e. The smallest absolute Gasteiger partial charge is 0.128 e. The molecule has 0 spiro atoms. The Bertz CT molecular complexity index is 569. The molecule has 1 aromatic heterocycles. The molecule has 0 aliphatic rings. The number of ether oxygens (including phenoxy) is 1. The summed E-state index contributed by atoms with van der Waals surface area (Å²) in [5.41, 5.74) is 2.07. The summed E-state index contributed by atoms with van der Waals surface area (Å²) < 4.78 is 5.40. The Morgan fingerprint density at radius 2 is 2.05 bits per heavy atom. The van der Waals surface area contributed by atoms with Crippen molar-refractivity contribution in [1.29, 1.82) is 0 Å². The van der Waals surface area contributed by atoms with Gasteiger partial charge in [-0.05, 0) is 45.7 Å². The first-order chi connectivity index (χ1) is 10.7. The summed E-state index contributed by atoms with van der Waals surface area (Å²) in [5.74, 6) is 0.876. The third-order valence-electron chi connectivity index (χ3n) is 3.41. The molecule has 0 saturated carbocycles. The van der Waals surface area contributed by atoms with Crippen molar-refractivity contribution in [3.8, 4) is 17.0 Å². The van der Waals surface area contributed by atoms with Crippen LogP contribution < -0.4 is 10.1 Å². The van der Waals surface area contributed by atoms with Gasteiger partial charge in [0.25, 0.3) is 0 Å². The lowest BCUT2D eigenvalue weighted by molar-refractivity contribution is 0.395. The summed E-state index contributed by atoms with van der Waals surface area (Å²) in [4.78, 5) is 6.94. The fourth-order valence-electron chi connectivity index (χ4n) is 2.25. The summed E-state index contributed by atoms with van der Waals surface area (Å²) in [6.07, 6.45) is 2.15. The number of aromatic nitrogens is 1. The van der Waals surface area contributed by atoms with Crippen molar-refractivity contribution >= 4 is 11.3 Å². The van der Waals surface area contributed by atoms with Crippen LogP contribution in [0.1, 0.15) is 11.4 Å². The van der Waals surface area contributed by atoms with E-state index in [2.05, 4.69) is 35.8 Å². The largest absolute Gasteiger partial charge is 0.496 e. The number of methoxy groups -OCH3 is 1. The SMILES string of the molecule is COc1ccccc1-c1csc(CCNCCCN(C)C)n1. The zero-order chi connectivity index (χ0) is 15.8. The number of benzene rings is 1. The van der Waals surface area contributed by atoms with E-state index in [1.807, 2.05) is 18.2 Å². The quantitative estimate of drug-likeness (QED) is 0.721. The summed E-state index contributed by atoms with van der Waals surface area (Å²) in [5, 5.41) is 6.75. The van der Waals surface area contributed by atoms with Crippen LogP contribution in [-0.4, -0.2) is 50.7 Å². The highest BCUT2D eigenvalue weighted by atomic mass is 32.1. The molecular formula is C17H25N3OS. The molecule has 5 heteroatoms. The second kappa shape index (κ2) is 8.88. The number of thiazole rings is 1. The van der Waals surface area contributed by atoms with Crippen molar-refractivity contribution in [3.05, 3.63) is 34.7 Å². The van der Waals surface area contributed by atoms with E-state index in [0.717, 1.165) is 43.1 Å². The monoisotopic (exact) mass is 319 g/mol. The van der Waals surface area contributed by atoms with Crippen molar-refractivity contribution in [3.63, 3.8) is 0 Å². The highest BCUT2D eigenvalue weighted by Crippen LogP contribution is 2.30. The standard InChI is InChI=1S/C17H25N3OS/c1-20(2)12-6-10-18-11-9-17-19-15(13-22-17)14-7-4-5-8-16(14)21-3/h4-5,7-8,13,18H,6,9-12H2,1-3H3. The molecule has 0 saturated heterocycles. The van der Waals surface area contributed by atoms with Crippen molar-refractivity contribution in [2.75, 3.05) is 40.8 Å². The van der Waals surface area contributed by atoms with Crippen molar-refractivity contribution in [1.82, 2.24) is 15.2 Å². The molecule has 2 rings (SSSR count). The molecule has 22 heavy (non-hydrogen) atoms. The first-order valence-corrected chi connectivity index (χ1v) is 8.52. The van der Waals surface area contributed by atoms with Gasteiger partial charge in [0, 0.05) is 23.9 Å². The zero-order valence-electron chi connectivity index (χ0n) is 13.6. The van der Waals surface area contributed by atoms with Crippen LogP contribution in [0.15, 0.2) is 29.6 Å². The van der Waals surface area contributed by atoms with E-state index in [9.17, 15) is 0 Å². The van der Waals surface area contributed by atoms with E-state index < -0.39 is 0 Å². The molecular weight excluding hydrogens is 294 g/mol. The highest BCUT2D eigenvalue weighted by molar-refractivity contribution is 7.09. The number of para-hydroxylation sites is 1. The molecule has 1 aromatic carbocycles. The average molecular weight is 319 g/mol. The normalized spacial score (nSPS) is 11.1. The fraction of sp³-hybridized carbons (Fsp3) is 0.471. The van der Waals surface area contributed by atoms with E-state index in [1.54, 1.807) is 18.4 Å². The molecule has 2 aromatic rings. The van der Waals surface area contributed by atoms with Crippen LogP contribution in [0.4, 0.5) is 0 Å². The zero-order valence-corrected chi connectivity index (χ0v) is 14.4. The van der Waals surface area contributed by atoms with Crippen LogP contribution in [0.25, 0.3) is 11.3 Å². The predicted octanol–water partition coefficient (Wildman–Crippen LogP) is 2.90. The minimum atomic E-state index is 0.876. The minimum absolute atomic E-state index is 0.876. The van der Waals surface area contributed by atoms with Gasteiger partial charge in [0.1, 0.15) is 5.75 Å². The van der Waals surface area contributed by atoms with Gasteiger partial charge in [0.2, 0.25) is 0 Å². The van der Waals surface area contributed by atoms with Gasteiger partial charge in [-0.3, -0.25) is 0 Å². The van der Waals surface area contributed by atoms with E-state index in [4.69, 9.17) is 9.72 Å². The number of rotatable bonds is 9. The highest BCUT2D eigenvalue weighted by Gasteiger charge is 2.09. The second-order valence-electron chi connectivity index (χ2n) is 5.48. The molecule has 1 N–H and O–H groups in total. The van der Waals surface area contributed by atoms with Crippen LogP contribution in [0, 0.1) is 0 Å². The summed E-state index contributed by atoms with van der Waals surface area (Å²) in [6, 6.07) is 8.02. The molecule has 120 valence electrons. The average Bonchev–Trinajstić information content (AvgIpc) is 2.99. The maximum absolute atomic E-state index is 5.40. The summed E-state index contributed by atoms with van der Waals surface area (Å²) in [6.45, 7) is 3.16. The number of hydrogen-bond acceptors (Lipinski definition) is 5. The molecule has 0 fully saturated rings. The molecule has 0 radical (unpaired) electrons. The number of hydrogen-bond donors (Lipinski definition) is 1. The maximum atomic E-state index is 5.40. The Morgan fingerprint density at radius 3 is 2.82 bits per heavy atom. The van der Waals surface area contributed by atoms with Crippen molar-refractivity contribution in [2.24, 2.45) is 0 Å². The van der Waals surface area contributed by atoms with Gasteiger partial charge >= 0.3 is 0 Å². The first kappa shape index (κ1) is 16.9. The molecule has 0 bridgehead atoms. The molecule has 0 aliphatic heterocycles. The Hall–Kier alpha value is -1.43. The Labute approximate surface area is 137 Å². The lowest BCUT2D eigenvalue weighted by atomic mass is 10.1. The minimum Gasteiger partial charge on any atom is -0.496 e. The topological polar surface area (TPSA) is 37.4 Å². The Morgan fingerprint density at radius 1 is 1.23 bits per heavy atom. The fourth-order valence-corrected chi connectivity index (χ4v) is 3.04. The van der Waals surface area contributed by atoms with E-state index in [0.29, 0.717) is 0 Å². The molecule has 0 unspecified atom stereocenters. The summed E-state index contributed by atoms with van der Waals surface area (Å²) in [7, 11) is 5.91. The van der Waals surface area contributed by atoms with Gasteiger partial charge in [-0.1, -0.05) is 12.1 Å². The van der Waals surface area contributed by atoms with Crippen LogP contribution in [0.3, 0.4) is 0 Å². The van der Waals surface area contributed by atoms with Crippen molar-refractivity contribution in [2.45, 2.75) is 12.8 Å². The number of nitrogens with one attached hydrogen (secondary N) is 1.